The highest BCUT2D eigenvalue weighted by Crippen LogP contribution is 2.32. The number of fused-ring (bicyclic) bond motifs is 4. The summed E-state index contributed by atoms with van der Waals surface area (Å²) in [4.78, 5) is 39.6. The molecule has 0 saturated carbocycles. The number of carbonyl (C=O) groups is 2. The molecule has 10 heteroatoms. The fourth-order valence-electron chi connectivity index (χ4n) is 3.39. The molecule has 0 radical (unpaired) electrons. The maximum Gasteiger partial charge on any atom is 0.316 e. The topological polar surface area (TPSA) is 98.4 Å². The Hall–Kier alpha value is -3.50. The largest absolute Gasteiger partial charge is 0.455 e. The van der Waals surface area contributed by atoms with Crippen LogP contribution in [0.25, 0.3) is 32.3 Å². The van der Waals surface area contributed by atoms with Gasteiger partial charge in [-0.1, -0.05) is 47.4 Å². The molecule has 0 fully saturated rings. The fourth-order valence-corrected chi connectivity index (χ4v) is 5.16. The smallest absolute Gasteiger partial charge is 0.316 e. The molecular formula is C23H18N4O4S2. The highest BCUT2D eigenvalue weighted by Gasteiger charge is 2.20. The Morgan fingerprint density at radius 2 is 1.94 bits per heavy atom. The number of likely N-dealkylation sites (N-methyl/N-ethyl adjacent to an activating group) is 1. The maximum atomic E-state index is 12.7. The molecule has 8 nitrogen and oxygen atoms in total. The number of thioether (sulfide) groups is 1. The number of thiazole rings is 1. The molecule has 1 amide bonds. The van der Waals surface area contributed by atoms with Crippen molar-refractivity contribution in [2.45, 2.75) is 11.9 Å². The number of hydrogen-bond donors (Lipinski definition) is 0. The van der Waals surface area contributed by atoms with Crippen LogP contribution in [0.15, 0.2) is 64.3 Å². The monoisotopic (exact) mass is 478 g/mol. The van der Waals surface area contributed by atoms with Gasteiger partial charge in [-0.2, -0.15) is 0 Å². The third kappa shape index (κ3) is 4.27. The lowest BCUT2D eigenvalue weighted by molar-refractivity contribution is -0.145. The first-order valence-electron chi connectivity index (χ1n) is 10.2. The number of esters is 1. The van der Waals surface area contributed by atoms with Crippen LogP contribution >= 0.6 is 23.1 Å². The molecule has 2 aromatic carbocycles. The minimum Gasteiger partial charge on any atom is -0.455 e. The minimum absolute atomic E-state index is 0.0102. The van der Waals surface area contributed by atoms with Crippen molar-refractivity contribution < 1.29 is 18.7 Å². The number of benzene rings is 2. The molecule has 0 aliphatic carbocycles. The van der Waals surface area contributed by atoms with Gasteiger partial charge in [0.25, 0.3) is 5.91 Å². The number of amides is 1. The minimum atomic E-state index is -0.517. The van der Waals surface area contributed by atoms with Crippen molar-refractivity contribution in [2.75, 3.05) is 23.8 Å². The van der Waals surface area contributed by atoms with Gasteiger partial charge < -0.3 is 9.15 Å². The number of para-hydroxylation sites is 2. The second-order valence-electron chi connectivity index (χ2n) is 7.01. The lowest BCUT2D eigenvalue weighted by Gasteiger charge is -2.17. The molecule has 0 saturated heterocycles. The van der Waals surface area contributed by atoms with Gasteiger partial charge in [0.2, 0.25) is 0 Å². The quantitative estimate of drug-likeness (QED) is 0.189. The Morgan fingerprint density at radius 1 is 1.12 bits per heavy atom. The first kappa shape index (κ1) is 21.4. The van der Waals surface area contributed by atoms with Crippen LogP contribution in [-0.4, -0.2) is 45.7 Å². The van der Waals surface area contributed by atoms with Gasteiger partial charge in [-0.3, -0.25) is 14.5 Å². The van der Waals surface area contributed by atoms with Crippen molar-refractivity contribution in [1.82, 2.24) is 15.0 Å². The summed E-state index contributed by atoms with van der Waals surface area (Å²) in [6, 6.07) is 15.3. The average Bonchev–Trinajstić information content (AvgIpc) is 3.43. The van der Waals surface area contributed by atoms with E-state index in [-0.39, 0.29) is 18.3 Å². The molecular weight excluding hydrogens is 460 g/mol. The summed E-state index contributed by atoms with van der Waals surface area (Å²) < 4.78 is 12.1. The fraction of sp³-hybridized carbons (Fsp3) is 0.174. The van der Waals surface area contributed by atoms with Crippen molar-refractivity contribution >= 4 is 72.4 Å². The number of aromatic nitrogens is 3. The Kier molecular flexibility index (Phi) is 5.93. The molecule has 166 valence electrons. The van der Waals surface area contributed by atoms with Crippen LogP contribution in [0.4, 0.5) is 5.13 Å². The number of hydrogen-bond acceptors (Lipinski definition) is 9. The third-order valence-electron chi connectivity index (χ3n) is 4.94. The lowest BCUT2D eigenvalue weighted by atomic mass is 10.2. The van der Waals surface area contributed by atoms with Gasteiger partial charge in [0.05, 0.1) is 16.0 Å². The van der Waals surface area contributed by atoms with E-state index in [1.54, 1.807) is 0 Å². The van der Waals surface area contributed by atoms with E-state index >= 15 is 0 Å². The van der Waals surface area contributed by atoms with E-state index in [0.717, 1.165) is 15.6 Å². The van der Waals surface area contributed by atoms with Crippen LogP contribution < -0.4 is 4.90 Å². The third-order valence-corrected chi connectivity index (χ3v) is 6.94. The Morgan fingerprint density at radius 3 is 2.79 bits per heavy atom. The molecule has 3 aromatic heterocycles. The number of rotatable bonds is 7. The standard InChI is InChI=1S/C23H18N4O4S2/c1-2-27(23-26-15-8-4-6-10-17(15)33-23)18(28)11-30-19(29)12-32-22-21-20(24-13-25-22)14-7-3-5-9-16(14)31-21/h3-10,13H,2,11-12H2,1H3. The maximum absolute atomic E-state index is 12.7. The Bertz CT molecular complexity index is 1450. The zero-order chi connectivity index (χ0) is 22.8. The predicted octanol–water partition coefficient (Wildman–Crippen LogP) is 4.67. The number of anilines is 1. The molecule has 0 atom stereocenters. The van der Waals surface area contributed by atoms with Gasteiger partial charge >= 0.3 is 5.97 Å². The summed E-state index contributed by atoms with van der Waals surface area (Å²) in [5.41, 5.74) is 2.76. The molecule has 0 aliphatic rings. The Balaban J connectivity index is 1.22. The van der Waals surface area contributed by atoms with Crippen LogP contribution in [0, 0.1) is 0 Å². The summed E-state index contributed by atoms with van der Waals surface area (Å²) in [5, 5.41) is 2.02. The molecule has 0 aliphatic heterocycles. The van der Waals surface area contributed by atoms with E-state index in [4.69, 9.17) is 9.15 Å². The van der Waals surface area contributed by atoms with Crippen molar-refractivity contribution in [1.29, 1.82) is 0 Å². The number of carbonyl (C=O) groups excluding carboxylic acids is 2. The summed E-state index contributed by atoms with van der Waals surface area (Å²) in [6.07, 6.45) is 1.44. The lowest BCUT2D eigenvalue weighted by Crippen LogP contribution is -2.34. The van der Waals surface area contributed by atoms with Crippen LogP contribution in [0.3, 0.4) is 0 Å². The number of furan rings is 1. The van der Waals surface area contributed by atoms with E-state index in [2.05, 4.69) is 15.0 Å². The summed E-state index contributed by atoms with van der Waals surface area (Å²) in [6.45, 7) is 1.93. The first-order valence-corrected chi connectivity index (χ1v) is 12.0. The zero-order valence-corrected chi connectivity index (χ0v) is 19.2. The highest BCUT2D eigenvalue weighted by molar-refractivity contribution is 8.00. The van der Waals surface area contributed by atoms with Crippen LogP contribution in [0.1, 0.15) is 6.92 Å². The van der Waals surface area contributed by atoms with Crippen molar-refractivity contribution in [3.63, 3.8) is 0 Å². The molecule has 33 heavy (non-hydrogen) atoms. The number of ether oxygens (including phenoxy) is 1. The summed E-state index contributed by atoms with van der Waals surface area (Å²) in [5.74, 6) is -0.850. The van der Waals surface area contributed by atoms with E-state index < -0.39 is 5.97 Å². The van der Waals surface area contributed by atoms with E-state index in [9.17, 15) is 9.59 Å². The van der Waals surface area contributed by atoms with Crippen molar-refractivity contribution in [2.24, 2.45) is 0 Å². The molecule has 5 aromatic rings. The summed E-state index contributed by atoms with van der Waals surface area (Å²) >= 11 is 2.61. The van der Waals surface area contributed by atoms with Crippen molar-refractivity contribution in [3.05, 3.63) is 54.9 Å². The van der Waals surface area contributed by atoms with Gasteiger partial charge in [0, 0.05) is 11.9 Å². The van der Waals surface area contributed by atoms with Crippen LogP contribution in [-0.2, 0) is 14.3 Å². The summed E-state index contributed by atoms with van der Waals surface area (Å²) in [7, 11) is 0. The molecule has 3 heterocycles. The van der Waals surface area contributed by atoms with Crippen molar-refractivity contribution in [3.8, 4) is 0 Å². The molecule has 0 spiro atoms. The van der Waals surface area contributed by atoms with Crippen LogP contribution in [0.2, 0.25) is 0 Å². The first-order chi connectivity index (χ1) is 16.1. The van der Waals surface area contributed by atoms with Gasteiger partial charge in [-0.05, 0) is 31.2 Å². The van der Waals surface area contributed by atoms with Gasteiger partial charge in [0.1, 0.15) is 22.5 Å². The number of nitrogens with zero attached hydrogens (tertiary/aromatic N) is 4. The van der Waals surface area contributed by atoms with E-state index in [0.29, 0.717) is 33.4 Å². The zero-order valence-electron chi connectivity index (χ0n) is 17.6. The molecule has 5 rings (SSSR count). The van der Waals surface area contributed by atoms with Gasteiger partial charge in [-0.25, -0.2) is 15.0 Å². The molecule has 0 N–H and O–H groups in total. The second-order valence-corrected chi connectivity index (χ2v) is 8.98. The van der Waals surface area contributed by atoms with Gasteiger partial charge in [0.15, 0.2) is 17.3 Å². The SMILES string of the molecule is CCN(C(=O)COC(=O)CSc1ncnc2c1oc1ccccc12)c1nc2ccccc2s1. The highest BCUT2D eigenvalue weighted by atomic mass is 32.2. The second kappa shape index (κ2) is 9.16. The Labute approximate surface area is 196 Å². The van der Waals surface area contributed by atoms with E-state index in [1.807, 2.05) is 55.5 Å². The normalized spacial score (nSPS) is 11.3. The average molecular weight is 479 g/mol. The van der Waals surface area contributed by atoms with Crippen LogP contribution in [0.5, 0.6) is 0 Å². The molecule has 0 unspecified atom stereocenters. The predicted molar refractivity (Wildman–Crippen MR) is 129 cm³/mol. The van der Waals surface area contributed by atoms with Gasteiger partial charge in [-0.15, -0.1) is 0 Å². The molecule has 0 bridgehead atoms. The van der Waals surface area contributed by atoms with E-state index in [1.165, 1.54) is 34.3 Å².